The Morgan fingerprint density at radius 3 is 2.66 bits per heavy atom. The second-order valence-corrected chi connectivity index (χ2v) is 10.5. The quantitative estimate of drug-likeness (QED) is 0.665. The average Bonchev–Trinajstić information content (AvgIpc) is 3.15. The fourth-order valence-electron chi connectivity index (χ4n) is 4.07. The lowest BCUT2D eigenvalue weighted by molar-refractivity contribution is -0.134. The molecule has 2 aliphatic rings. The van der Waals surface area contributed by atoms with E-state index in [1.165, 1.54) is 5.01 Å². The lowest BCUT2D eigenvalue weighted by atomic mass is 10.1. The number of sulfone groups is 1. The summed E-state index contributed by atoms with van der Waals surface area (Å²) in [7, 11) is -3.17. The first kappa shape index (κ1) is 22.1. The monoisotopic (exact) mass is 454 g/mol. The summed E-state index contributed by atoms with van der Waals surface area (Å²) in [5, 5.41) is 5.60. The average molecular weight is 455 g/mol. The number of hydrazone groups is 1. The van der Waals surface area contributed by atoms with E-state index in [4.69, 9.17) is 0 Å². The van der Waals surface area contributed by atoms with E-state index in [0.29, 0.717) is 19.5 Å². The molecule has 1 aromatic heterocycles. The molecule has 0 bridgehead atoms. The van der Waals surface area contributed by atoms with Gasteiger partial charge in [0.05, 0.1) is 17.5 Å². The summed E-state index contributed by atoms with van der Waals surface area (Å²) in [4.78, 5) is 31.8. The van der Waals surface area contributed by atoms with E-state index in [-0.39, 0.29) is 41.9 Å². The Kier molecular flexibility index (Phi) is 6.36. The summed E-state index contributed by atoms with van der Waals surface area (Å²) in [6.07, 6.45) is 4.14. The molecule has 32 heavy (non-hydrogen) atoms. The number of hydrogen-bond acceptors (Lipinski definition) is 6. The van der Waals surface area contributed by atoms with Crippen molar-refractivity contribution < 1.29 is 18.0 Å². The largest absolute Gasteiger partial charge is 0.329 e. The van der Waals surface area contributed by atoms with Crippen molar-refractivity contribution in [3.63, 3.8) is 0 Å². The van der Waals surface area contributed by atoms with Gasteiger partial charge in [0, 0.05) is 38.3 Å². The first-order chi connectivity index (χ1) is 15.3. The molecule has 3 heterocycles. The molecule has 9 heteroatoms. The van der Waals surface area contributed by atoms with Crippen LogP contribution in [-0.4, -0.2) is 58.4 Å². The lowest BCUT2D eigenvalue weighted by Gasteiger charge is -2.30. The van der Waals surface area contributed by atoms with Crippen LogP contribution in [0.4, 0.5) is 0 Å². The molecular weight excluding hydrogens is 428 g/mol. The zero-order valence-electron chi connectivity index (χ0n) is 18.0. The van der Waals surface area contributed by atoms with Crippen LogP contribution >= 0.6 is 0 Å². The third kappa shape index (κ3) is 5.04. The fraction of sp³-hybridized carbons (Fsp3) is 0.391. The van der Waals surface area contributed by atoms with Crippen molar-refractivity contribution in [1.29, 1.82) is 0 Å². The number of rotatable bonds is 6. The van der Waals surface area contributed by atoms with Gasteiger partial charge in [-0.15, -0.1) is 0 Å². The number of amides is 2. The predicted octanol–water partition coefficient (Wildman–Crippen LogP) is 2.08. The Morgan fingerprint density at radius 2 is 1.97 bits per heavy atom. The molecule has 168 valence electrons. The van der Waals surface area contributed by atoms with E-state index in [9.17, 15) is 18.0 Å². The molecule has 1 saturated heterocycles. The third-order valence-corrected chi connectivity index (χ3v) is 7.62. The minimum absolute atomic E-state index is 0.0423. The Morgan fingerprint density at radius 1 is 1.16 bits per heavy atom. The maximum atomic E-state index is 13.5. The predicted molar refractivity (Wildman–Crippen MR) is 120 cm³/mol. The van der Waals surface area contributed by atoms with Crippen molar-refractivity contribution in [3.05, 3.63) is 65.5 Å². The van der Waals surface area contributed by atoms with Gasteiger partial charge in [0.15, 0.2) is 9.84 Å². The standard InChI is InChI=1S/C23H26N4O4S/c1-17-5-2-3-7-19(17)15-26(14-18-6-4-11-24-13-18)23(29)21-8-9-22(28)27(25-21)20-10-12-32(30,31)16-20/h2-7,11,13,20H,8-10,12,14-16H2,1H3. The zero-order valence-corrected chi connectivity index (χ0v) is 18.8. The van der Waals surface area contributed by atoms with E-state index in [2.05, 4.69) is 10.1 Å². The summed E-state index contributed by atoms with van der Waals surface area (Å²) < 4.78 is 23.8. The molecule has 1 fully saturated rings. The summed E-state index contributed by atoms with van der Waals surface area (Å²) >= 11 is 0. The molecule has 4 rings (SSSR count). The van der Waals surface area contributed by atoms with Gasteiger partial charge in [-0.25, -0.2) is 13.4 Å². The SMILES string of the molecule is Cc1ccccc1CN(Cc1cccnc1)C(=O)C1=NN(C2CCS(=O)(=O)C2)C(=O)CC1. The van der Waals surface area contributed by atoms with Crippen molar-refractivity contribution in [1.82, 2.24) is 14.9 Å². The van der Waals surface area contributed by atoms with E-state index >= 15 is 0 Å². The molecule has 0 aliphatic carbocycles. The number of aryl methyl sites for hydroxylation is 1. The first-order valence-electron chi connectivity index (χ1n) is 10.6. The van der Waals surface area contributed by atoms with Crippen molar-refractivity contribution in [2.45, 2.75) is 45.3 Å². The van der Waals surface area contributed by atoms with Crippen LogP contribution in [0.15, 0.2) is 53.9 Å². The van der Waals surface area contributed by atoms with Crippen LogP contribution in [0.3, 0.4) is 0 Å². The number of hydrogen-bond donors (Lipinski definition) is 0. The molecule has 0 radical (unpaired) electrons. The van der Waals surface area contributed by atoms with Crippen molar-refractivity contribution in [2.75, 3.05) is 11.5 Å². The number of aromatic nitrogens is 1. The topological polar surface area (TPSA) is 100 Å². The van der Waals surface area contributed by atoms with Gasteiger partial charge in [0.2, 0.25) is 5.91 Å². The van der Waals surface area contributed by atoms with Gasteiger partial charge in [-0.3, -0.25) is 14.6 Å². The smallest absolute Gasteiger partial charge is 0.270 e. The number of carbonyl (C=O) groups is 2. The summed E-state index contributed by atoms with van der Waals surface area (Å²) in [6, 6.07) is 11.1. The van der Waals surface area contributed by atoms with E-state index in [1.54, 1.807) is 17.3 Å². The van der Waals surface area contributed by atoms with Crippen LogP contribution in [-0.2, 0) is 32.5 Å². The second-order valence-electron chi connectivity index (χ2n) is 8.29. The molecule has 1 unspecified atom stereocenters. The van der Waals surface area contributed by atoms with Gasteiger partial charge in [-0.05, 0) is 36.1 Å². The highest BCUT2D eigenvalue weighted by molar-refractivity contribution is 7.91. The van der Waals surface area contributed by atoms with Gasteiger partial charge in [-0.2, -0.15) is 5.10 Å². The Bertz CT molecular complexity index is 1150. The summed E-state index contributed by atoms with van der Waals surface area (Å²) in [6.45, 7) is 2.75. The zero-order chi connectivity index (χ0) is 22.7. The fourth-order valence-corrected chi connectivity index (χ4v) is 5.76. The minimum Gasteiger partial charge on any atom is -0.329 e. The molecule has 2 amide bonds. The molecule has 8 nitrogen and oxygen atoms in total. The first-order valence-corrected chi connectivity index (χ1v) is 12.5. The molecule has 0 N–H and O–H groups in total. The highest BCUT2D eigenvalue weighted by atomic mass is 32.2. The lowest BCUT2D eigenvalue weighted by Crippen LogP contribution is -2.44. The molecule has 1 atom stereocenters. The summed E-state index contributed by atoms with van der Waals surface area (Å²) in [5.41, 5.74) is 3.28. The number of carbonyl (C=O) groups excluding carboxylic acids is 2. The number of pyridine rings is 1. The minimum atomic E-state index is -3.17. The molecule has 2 aliphatic heterocycles. The number of benzene rings is 1. The summed E-state index contributed by atoms with van der Waals surface area (Å²) in [5.74, 6) is -0.552. The molecule has 2 aromatic rings. The second kappa shape index (κ2) is 9.20. The van der Waals surface area contributed by atoms with E-state index in [1.807, 2.05) is 43.3 Å². The Balaban J connectivity index is 1.61. The van der Waals surface area contributed by atoms with Crippen LogP contribution in [0.5, 0.6) is 0 Å². The Labute approximate surface area is 187 Å². The van der Waals surface area contributed by atoms with Crippen molar-refractivity contribution in [2.24, 2.45) is 5.10 Å². The molecule has 0 saturated carbocycles. The number of nitrogens with zero attached hydrogens (tertiary/aromatic N) is 4. The van der Waals surface area contributed by atoms with Gasteiger partial charge in [0.25, 0.3) is 5.91 Å². The van der Waals surface area contributed by atoms with Crippen LogP contribution in [0.25, 0.3) is 0 Å². The van der Waals surface area contributed by atoms with Gasteiger partial charge in [-0.1, -0.05) is 30.3 Å². The molecular formula is C23H26N4O4S. The van der Waals surface area contributed by atoms with Crippen molar-refractivity contribution >= 4 is 27.4 Å². The molecule has 0 spiro atoms. The normalized spacial score (nSPS) is 20.2. The highest BCUT2D eigenvalue weighted by Gasteiger charge is 2.38. The van der Waals surface area contributed by atoms with Gasteiger partial charge < -0.3 is 4.90 Å². The maximum Gasteiger partial charge on any atom is 0.270 e. The van der Waals surface area contributed by atoms with Gasteiger partial charge in [0.1, 0.15) is 5.71 Å². The van der Waals surface area contributed by atoms with Crippen molar-refractivity contribution in [3.8, 4) is 0 Å². The highest BCUT2D eigenvalue weighted by Crippen LogP contribution is 2.23. The van der Waals surface area contributed by atoms with Crippen LogP contribution in [0.1, 0.15) is 36.0 Å². The Hall–Kier alpha value is -3.07. The van der Waals surface area contributed by atoms with E-state index in [0.717, 1.165) is 16.7 Å². The van der Waals surface area contributed by atoms with Gasteiger partial charge >= 0.3 is 0 Å². The van der Waals surface area contributed by atoms with Crippen LogP contribution in [0.2, 0.25) is 0 Å². The van der Waals surface area contributed by atoms with Crippen LogP contribution < -0.4 is 0 Å². The van der Waals surface area contributed by atoms with E-state index < -0.39 is 15.9 Å². The molecule has 1 aromatic carbocycles. The third-order valence-electron chi connectivity index (χ3n) is 5.87. The maximum absolute atomic E-state index is 13.5. The van der Waals surface area contributed by atoms with Crippen LogP contribution in [0, 0.1) is 6.92 Å².